The van der Waals surface area contributed by atoms with E-state index in [1.54, 1.807) is 6.92 Å². The zero-order valence-electron chi connectivity index (χ0n) is 7.81. The first-order valence-corrected chi connectivity index (χ1v) is 3.84. The second-order valence-electron chi connectivity index (χ2n) is 4.25. The van der Waals surface area contributed by atoms with Crippen molar-refractivity contribution in [2.24, 2.45) is 0 Å². The highest BCUT2D eigenvalue weighted by Gasteiger charge is 2.26. The average Bonchev–Trinajstić information content (AvgIpc) is 1.84. The lowest BCUT2D eigenvalue weighted by Gasteiger charge is -2.34. The minimum atomic E-state index is -0.571. The van der Waals surface area contributed by atoms with Crippen LogP contribution in [0.25, 0.3) is 0 Å². The highest BCUT2D eigenvalue weighted by atomic mass is 16.3. The van der Waals surface area contributed by atoms with Gasteiger partial charge in [0, 0.05) is 5.54 Å². The van der Waals surface area contributed by atoms with Crippen LogP contribution in [0.5, 0.6) is 0 Å². The molecule has 0 aliphatic carbocycles. The Balaban J connectivity index is 4.08. The Morgan fingerprint density at radius 3 is 1.45 bits per heavy atom. The Morgan fingerprint density at radius 2 is 1.36 bits per heavy atom. The monoisotopic (exact) mass is 161 g/mol. The summed E-state index contributed by atoms with van der Waals surface area (Å²) in [5, 5.41) is 21.0. The Hall–Kier alpha value is -0.120. The predicted molar refractivity (Wildman–Crippen MR) is 45.5 cm³/mol. The third-order valence-electron chi connectivity index (χ3n) is 1.37. The molecule has 3 N–H and O–H groups in total. The molecule has 3 heteroatoms. The molecule has 0 radical (unpaired) electrons. The fraction of sp³-hybridized carbons (Fsp3) is 1.00. The van der Waals surface area contributed by atoms with Crippen LogP contribution in [-0.4, -0.2) is 34.5 Å². The van der Waals surface area contributed by atoms with Gasteiger partial charge in [0.05, 0.1) is 18.8 Å². The van der Waals surface area contributed by atoms with Crippen molar-refractivity contribution in [1.82, 2.24) is 5.32 Å². The lowest BCUT2D eigenvalue weighted by atomic mass is 9.99. The summed E-state index contributed by atoms with van der Waals surface area (Å²) in [7, 11) is 0. The van der Waals surface area contributed by atoms with Crippen molar-refractivity contribution < 1.29 is 10.2 Å². The first-order chi connectivity index (χ1) is 4.83. The van der Waals surface area contributed by atoms with Crippen LogP contribution in [0.1, 0.15) is 27.7 Å². The average molecular weight is 161 g/mol. The number of aliphatic hydroxyl groups is 2. The first kappa shape index (κ1) is 10.9. The van der Waals surface area contributed by atoms with E-state index in [1.165, 1.54) is 0 Å². The van der Waals surface area contributed by atoms with Crippen molar-refractivity contribution >= 4 is 0 Å². The number of rotatable bonds is 3. The van der Waals surface area contributed by atoms with Crippen LogP contribution in [0.3, 0.4) is 0 Å². The summed E-state index contributed by atoms with van der Waals surface area (Å²) in [6.07, 6.45) is 0. The standard InChI is InChI=1S/C8H19NO2/c1-7(2,3)9-8(4,5-10)6-11/h9-11H,5-6H2,1-4H3. The molecule has 0 bridgehead atoms. The summed E-state index contributed by atoms with van der Waals surface area (Å²) in [5.74, 6) is 0. The van der Waals surface area contributed by atoms with Crippen molar-refractivity contribution in [2.75, 3.05) is 13.2 Å². The van der Waals surface area contributed by atoms with E-state index in [0.717, 1.165) is 0 Å². The molecule has 0 aromatic heterocycles. The Labute approximate surface area is 68.4 Å². The fourth-order valence-corrected chi connectivity index (χ4v) is 1.03. The third-order valence-corrected chi connectivity index (χ3v) is 1.37. The lowest BCUT2D eigenvalue weighted by molar-refractivity contribution is 0.0829. The van der Waals surface area contributed by atoms with E-state index in [-0.39, 0.29) is 18.8 Å². The molecule has 0 saturated carbocycles. The van der Waals surface area contributed by atoms with Crippen LogP contribution in [0.4, 0.5) is 0 Å². The van der Waals surface area contributed by atoms with E-state index in [1.807, 2.05) is 20.8 Å². The van der Waals surface area contributed by atoms with Crippen molar-refractivity contribution in [3.63, 3.8) is 0 Å². The molecule has 0 atom stereocenters. The van der Waals surface area contributed by atoms with E-state index < -0.39 is 5.54 Å². The molecule has 0 rings (SSSR count). The van der Waals surface area contributed by atoms with Crippen LogP contribution in [0, 0.1) is 0 Å². The molecule has 0 spiro atoms. The van der Waals surface area contributed by atoms with Gasteiger partial charge in [0.1, 0.15) is 0 Å². The summed E-state index contributed by atoms with van der Waals surface area (Å²) in [5.41, 5.74) is -0.654. The summed E-state index contributed by atoms with van der Waals surface area (Å²) in [6, 6.07) is 0. The molecule has 0 aromatic carbocycles. The zero-order valence-corrected chi connectivity index (χ0v) is 7.81. The van der Waals surface area contributed by atoms with Gasteiger partial charge in [0.25, 0.3) is 0 Å². The van der Waals surface area contributed by atoms with Crippen molar-refractivity contribution in [1.29, 1.82) is 0 Å². The second-order valence-corrected chi connectivity index (χ2v) is 4.25. The van der Waals surface area contributed by atoms with Gasteiger partial charge in [-0.2, -0.15) is 0 Å². The minimum absolute atomic E-state index is 0.0548. The van der Waals surface area contributed by atoms with Crippen molar-refractivity contribution in [3.05, 3.63) is 0 Å². The molecular weight excluding hydrogens is 142 g/mol. The molecule has 3 nitrogen and oxygen atoms in total. The maximum Gasteiger partial charge on any atom is 0.0633 e. The smallest absolute Gasteiger partial charge is 0.0633 e. The Bertz CT molecular complexity index is 114. The number of aliphatic hydroxyl groups excluding tert-OH is 2. The highest BCUT2D eigenvalue weighted by Crippen LogP contribution is 2.09. The summed E-state index contributed by atoms with van der Waals surface area (Å²) in [6.45, 7) is 7.67. The SMILES string of the molecule is CC(C)(C)NC(C)(CO)CO. The second kappa shape index (κ2) is 3.52. The van der Waals surface area contributed by atoms with Crippen LogP contribution in [-0.2, 0) is 0 Å². The van der Waals surface area contributed by atoms with Gasteiger partial charge >= 0.3 is 0 Å². The largest absolute Gasteiger partial charge is 0.394 e. The summed E-state index contributed by atoms with van der Waals surface area (Å²) >= 11 is 0. The molecular formula is C8H19NO2. The van der Waals surface area contributed by atoms with Crippen LogP contribution in [0.15, 0.2) is 0 Å². The maximum atomic E-state index is 8.93. The molecule has 11 heavy (non-hydrogen) atoms. The van der Waals surface area contributed by atoms with E-state index in [9.17, 15) is 0 Å². The first-order valence-electron chi connectivity index (χ1n) is 3.84. The Kier molecular flexibility index (Phi) is 3.48. The van der Waals surface area contributed by atoms with Gasteiger partial charge < -0.3 is 15.5 Å². The third kappa shape index (κ3) is 4.35. The molecule has 0 aliphatic heterocycles. The number of hydrogen-bond acceptors (Lipinski definition) is 3. The maximum absolute atomic E-state index is 8.93. The van der Waals surface area contributed by atoms with Crippen LogP contribution >= 0.6 is 0 Å². The topological polar surface area (TPSA) is 52.5 Å². The van der Waals surface area contributed by atoms with Gasteiger partial charge in [-0.25, -0.2) is 0 Å². The predicted octanol–water partition coefficient (Wildman–Crippen LogP) is 0.118. The molecule has 0 aromatic rings. The Morgan fingerprint density at radius 1 is 1.00 bits per heavy atom. The van der Waals surface area contributed by atoms with E-state index in [4.69, 9.17) is 10.2 Å². The fourth-order valence-electron chi connectivity index (χ4n) is 1.03. The lowest BCUT2D eigenvalue weighted by Crippen LogP contribution is -2.56. The zero-order chi connectivity index (χ0) is 9.12. The molecule has 0 aliphatic rings. The number of hydrogen-bond donors (Lipinski definition) is 3. The normalized spacial score (nSPS) is 13.6. The van der Waals surface area contributed by atoms with Crippen molar-refractivity contribution in [2.45, 2.75) is 38.8 Å². The van der Waals surface area contributed by atoms with Gasteiger partial charge in [-0.15, -0.1) is 0 Å². The molecule has 0 unspecified atom stereocenters. The van der Waals surface area contributed by atoms with E-state index in [2.05, 4.69) is 5.32 Å². The summed E-state index contributed by atoms with van der Waals surface area (Å²) in [4.78, 5) is 0. The van der Waals surface area contributed by atoms with Crippen LogP contribution < -0.4 is 5.32 Å². The van der Waals surface area contributed by atoms with Crippen molar-refractivity contribution in [3.8, 4) is 0 Å². The van der Waals surface area contributed by atoms with Gasteiger partial charge in [0.2, 0.25) is 0 Å². The van der Waals surface area contributed by atoms with Gasteiger partial charge in [-0.05, 0) is 27.7 Å². The number of nitrogens with one attached hydrogen (secondary N) is 1. The van der Waals surface area contributed by atoms with E-state index in [0.29, 0.717) is 0 Å². The molecule has 68 valence electrons. The minimum Gasteiger partial charge on any atom is -0.394 e. The quantitative estimate of drug-likeness (QED) is 0.551. The molecule has 0 heterocycles. The van der Waals surface area contributed by atoms with Gasteiger partial charge in [0.15, 0.2) is 0 Å². The van der Waals surface area contributed by atoms with Crippen LogP contribution in [0.2, 0.25) is 0 Å². The molecule has 0 fully saturated rings. The summed E-state index contributed by atoms with van der Waals surface area (Å²) < 4.78 is 0. The van der Waals surface area contributed by atoms with Gasteiger partial charge in [-0.3, -0.25) is 0 Å². The van der Waals surface area contributed by atoms with Gasteiger partial charge in [-0.1, -0.05) is 0 Å². The molecule has 0 amide bonds. The molecule has 0 saturated heterocycles. The highest BCUT2D eigenvalue weighted by molar-refractivity contribution is 4.87. The van der Waals surface area contributed by atoms with E-state index >= 15 is 0 Å².